The van der Waals surface area contributed by atoms with Gasteiger partial charge in [-0.3, -0.25) is 5.41 Å². The molecular formula is C13H21N3O. The summed E-state index contributed by atoms with van der Waals surface area (Å²) < 4.78 is 5.16. The van der Waals surface area contributed by atoms with Crippen LogP contribution >= 0.6 is 0 Å². The van der Waals surface area contributed by atoms with Crippen LogP contribution in [0.3, 0.4) is 0 Å². The molecule has 4 nitrogen and oxygen atoms in total. The minimum atomic E-state index is 0.0974. The summed E-state index contributed by atoms with van der Waals surface area (Å²) in [6.07, 6.45) is 0. The van der Waals surface area contributed by atoms with Gasteiger partial charge in [0.05, 0.1) is 12.3 Å². The third kappa shape index (κ3) is 2.97. The molecule has 0 aliphatic heterocycles. The molecule has 1 atom stereocenters. The van der Waals surface area contributed by atoms with E-state index in [0.717, 1.165) is 16.8 Å². The van der Waals surface area contributed by atoms with Crippen molar-refractivity contribution in [2.75, 3.05) is 25.7 Å². The van der Waals surface area contributed by atoms with Gasteiger partial charge >= 0.3 is 0 Å². The molecule has 0 aromatic heterocycles. The number of likely N-dealkylation sites (N-methyl/N-ethyl adjacent to an activating group) is 1. The first-order valence-corrected chi connectivity index (χ1v) is 5.64. The number of ether oxygens (including phenoxy) is 1. The number of rotatable bonds is 5. The summed E-state index contributed by atoms with van der Waals surface area (Å²) in [6, 6.07) is 6.06. The first-order valence-electron chi connectivity index (χ1n) is 5.64. The number of amidine groups is 1. The van der Waals surface area contributed by atoms with Crippen molar-refractivity contribution in [1.82, 2.24) is 0 Å². The van der Waals surface area contributed by atoms with Crippen molar-refractivity contribution in [1.29, 1.82) is 5.41 Å². The lowest BCUT2D eigenvalue weighted by Gasteiger charge is -2.29. The SMILES string of the molecule is COCC(C)N(C)c1c(C)cccc1C(=N)N. The van der Waals surface area contributed by atoms with Crippen LogP contribution < -0.4 is 10.6 Å². The van der Waals surface area contributed by atoms with Crippen LogP contribution in [0, 0.1) is 12.3 Å². The zero-order chi connectivity index (χ0) is 13.0. The number of methoxy groups -OCH3 is 1. The van der Waals surface area contributed by atoms with Crippen LogP contribution in [0.1, 0.15) is 18.1 Å². The molecule has 1 rings (SSSR count). The molecule has 4 heteroatoms. The Kier molecular flexibility index (Phi) is 4.52. The number of nitrogen functional groups attached to an aromatic ring is 1. The molecule has 0 amide bonds. The second-order valence-corrected chi connectivity index (χ2v) is 4.30. The molecule has 0 radical (unpaired) electrons. The Bertz CT molecular complexity index is 404. The Hall–Kier alpha value is -1.55. The molecule has 0 aliphatic rings. The van der Waals surface area contributed by atoms with Crippen molar-refractivity contribution in [3.63, 3.8) is 0 Å². The smallest absolute Gasteiger partial charge is 0.124 e. The Morgan fingerprint density at radius 2 is 2.18 bits per heavy atom. The van der Waals surface area contributed by atoms with Crippen molar-refractivity contribution < 1.29 is 4.74 Å². The Balaban J connectivity index is 3.15. The van der Waals surface area contributed by atoms with E-state index in [1.54, 1.807) is 7.11 Å². The normalized spacial score (nSPS) is 12.2. The first-order chi connectivity index (χ1) is 7.99. The van der Waals surface area contributed by atoms with Crippen LogP contribution in [0.25, 0.3) is 0 Å². The lowest BCUT2D eigenvalue weighted by molar-refractivity contribution is 0.183. The van der Waals surface area contributed by atoms with Crippen molar-refractivity contribution in [2.45, 2.75) is 19.9 Å². The van der Waals surface area contributed by atoms with Crippen molar-refractivity contribution >= 4 is 11.5 Å². The molecule has 0 spiro atoms. The van der Waals surface area contributed by atoms with Crippen LogP contribution in [0.15, 0.2) is 18.2 Å². The number of nitrogens with one attached hydrogen (secondary N) is 1. The molecule has 1 aromatic carbocycles. The summed E-state index contributed by atoms with van der Waals surface area (Å²) in [7, 11) is 3.69. The maximum absolute atomic E-state index is 7.63. The number of hydrogen-bond acceptors (Lipinski definition) is 3. The highest BCUT2D eigenvalue weighted by atomic mass is 16.5. The Morgan fingerprint density at radius 3 is 2.71 bits per heavy atom. The molecule has 0 aliphatic carbocycles. The zero-order valence-corrected chi connectivity index (χ0v) is 10.9. The summed E-state index contributed by atoms with van der Waals surface area (Å²) in [5.41, 5.74) is 8.51. The van der Waals surface area contributed by atoms with E-state index in [-0.39, 0.29) is 11.9 Å². The van der Waals surface area contributed by atoms with Gasteiger partial charge in [0.1, 0.15) is 5.84 Å². The third-order valence-electron chi connectivity index (χ3n) is 2.95. The average molecular weight is 235 g/mol. The molecule has 17 heavy (non-hydrogen) atoms. The quantitative estimate of drug-likeness (QED) is 0.603. The molecule has 1 aromatic rings. The summed E-state index contributed by atoms with van der Waals surface area (Å²) in [6.45, 7) is 4.75. The van der Waals surface area contributed by atoms with Gasteiger partial charge in [0.2, 0.25) is 0 Å². The first kappa shape index (κ1) is 13.5. The summed E-state index contributed by atoms with van der Waals surface area (Å²) in [5.74, 6) is 0.0974. The highest BCUT2D eigenvalue weighted by Gasteiger charge is 2.16. The molecule has 0 saturated carbocycles. The molecule has 94 valence electrons. The van der Waals surface area contributed by atoms with E-state index >= 15 is 0 Å². The van der Waals surface area contributed by atoms with E-state index in [1.165, 1.54) is 0 Å². The van der Waals surface area contributed by atoms with Crippen LogP contribution in [-0.4, -0.2) is 32.6 Å². The third-order valence-corrected chi connectivity index (χ3v) is 2.95. The predicted molar refractivity (Wildman–Crippen MR) is 71.9 cm³/mol. The molecule has 0 heterocycles. The summed E-state index contributed by atoms with van der Waals surface area (Å²) >= 11 is 0. The minimum absolute atomic E-state index is 0.0974. The van der Waals surface area contributed by atoms with Crippen LogP contribution in [0.5, 0.6) is 0 Å². The Morgan fingerprint density at radius 1 is 1.53 bits per heavy atom. The maximum Gasteiger partial charge on any atom is 0.124 e. The largest absolute Gasteiger partial charge is 0.384 e. The monoisotopic (exact) mass is 235 g/mol. The molecule has 0 bridgehead atoms. The van der Waals surface area contributed by atoms with E-state index in [2.05, 4.69) is 11.8 Å². The number of nitrogens with zero attached hydrogens (tertiary/aromatic N) is 1. The van der Waals surface area contributed by atoms with E-state index in [0.29, 0.717) is 6.61 Å². The Labute approximate surface area is 103 Å². The van der Waals surface area contributed by atoms with Crippen molar-refractivity contribution in [3.8, 4) is 0 Å². The highest BCUT2D eigenvalue weighted by molar-refractivity contribution is 6.01. The maximum atomic E-state index is 7.63. The van der Waals surface area contributed by atoms with E-state index in [4.69, 9.17) is 15.9 Å². The van der Waals surface area contributed by atoms with E-state index in [9.17, 15) is 0 Å². The van der Waals surface area contributed by atoms with Crippen LogP contribution in [-0.2, 0) is 4.74 Å². The molecular weight excluding hydrogens is 214 g/mol. The fourth-order valence-electron chi connectivity index (χ4n) is 1.92. The van der Waals surface area contributed by atoms with Crippen LogP contribution in [0.4, 0.5) is 5.69 Å². The highest BCUT2D eigenvalue weighted by Crippen LogP contribution is 2.25. The summed E-state index contributed by atoms with van der Waals surface area (Å²) in [5, 5.41) is 7.63. The number of para-hydroxylation sites is 1. The van der Waals surface area contributed by atoms with Crippen molar-refractivity contribution in [3.05, 3.63) is 29.3 Å². The fourth-order valence-corrected chi connectivity index (χ4v) is 1.92. The van der Waals surface area contributed by atoms with Crippen molar-refractivity contribution in [2.24, 2.45) is 5.73 Å². The van der Waals surface area contributed by atoms with Gasteiger partial charge in [0.25, 0.3) is 0 Å². The number of aryl methyl sites for hydroxylation is 1. The number of benzene rings is 1. The average Bonchev–Trinajstić information content (AvgIpc) is 2.28. The molecule has 3 N–H and O–H groups in total. The number of nitrogens with two attached hydrogens (primary N) is 1. The summed E-state index contributed by atoms with van der Waals surface area (Å²) in [4.78, 5) is 2.11. The van der Waals surface area contributed by atoms with Gasteiger partial charge in [-0.1, -0.05) is 12.1 Å². The van der Waals surface area contributed by atoms with Gasteiger partial charge in [0, 0.05) is 25.8 Å². The minimum Gasteiger partial charge on any atom is -0.384 e. The lowest BCUT2D eigenvalue weighted by atomic mass is 10.0. The van der Waals surface area contributed by atoms with E-state index < -0.39 is 0 Å². The van der Waals surface area contributed by atoms with Gasteiger partial charge in [-0.15, -0.1) is 0 Å². The topological polar surface area (TPSA) is 62.3 Å². The van der Waals surface area contributed by atoms with Gasteiger partial charge in [-0.2, -0.15) is 0 Å². The van der Waals surface area contributed by atoms with Gasteiger partial charge < -0.3 is 15.4 Å². The lowest BCUT2D eigenvalue weighted by Crippen LogP contribution is -2.34. The molecule has 1 unspecified atom stereocenters. The number of anilines is 1. The van der Waals surface area contributed by atoms with E-state index in [1.807, 2.05) is 32.2 Å². The van der Waals surface area contributed by atoms with Gasteiger partial charge in [-0.25, -0.2) is 0 Å². The van der Waals surface area contributed by atoms with Gasteiger partial charge in [-0.05, 0) is 25.5 Å². The molecule has 0 fully saturated rings. The van der Waals surface area contributed by atoms with Gasteiger partial charge in [0.15, 0.2) is 0 Å². The van der Waals surface area contributed by atoms with Crippen LogP contribution in [0.2, 0.25) is 0 Å². The second kappa shape index (κ2) is 5.68. The number of hydrogen-bond donors (Lipinski definition) is 2. The predicted octanol–water partition coefficient (Wildman–Crippen LogP) is 1.75. The second-order valence-electron chi connectivity index (χ2n) is 4.30. The molecule has 0 saturated heterocycles. The fraction of sp³-hybridized carbons (Fsp3) is 0.462. The zero-order valence-electron chi connectivity index (χ0n) is 10.9. The standard InChI is InChI=1S/C13H21N3O/c1-9-6-5-7-11(13(14)15)12(9)16(3)10(2)8-17-4/h5-7,10H,8H2,1-4H3,(H3,14,15).